The molecule has 4 aromatic rings. The van der Waals surface area contributed by atoms with Gasteiger partial charge in [-0.2, -0.15) is 5.10 Å². The number of aromatic nitrogens is 4. The number of hydrogen-bond donors (Lipinski definition) is 5. The number of nitrogens with two attached hydrogens (primary N) is 1. The lowest BCUT2D eigenvalue weighted by atomic mass is 10.1. The third-order valence-electron chi connectivity index (χ3n) is 6.29. The minimum Gasteiger partial charge on any atom is -0.495 e. The van der Waals surface area contributed by atoms with Gasteiger partial charge in [0.15, 0.2) is 5.65 Å². The van der Waals surface area contributed by atoms with Crippen molar-refractivity contribution in [3.8, 4) is 17.0 Å². The van der Waals surface area contributed by atoms with Gasteiger partial charge in [-0.3, -0.25) is 9.59 Å². The highest BCUT2D eigenvalue weighted by Gasteiger charge is 2.24. The van der Waals surface area contributed by atoms with Crippen LogP contribution in [-0.2, 0) is 4.79 Å². The van der Waals surface area contributed by atoms with E-state index in [2.05, 4.69) is 20.6 Å². The minimum atomic E-state index is -1.06. The molecular formula is C27H29N7O6. The third-order valence-corrected chi connectivity index (χ3v) is 6.29. The Bertz CT molecular complexity index is 1540. The Morgan fingerprint density at radius 3 is 2.33 bits per heavy atom. The summed E-state index contributed by atoms with van der Waals surface area (Å²) in [5.41, 5.74) is 9.21. The summed E-state index contributed by atoms with van der Waals surface area (Å²) >= 11 is 0. The molecule has 3 heterocycles. The third kappa shape index (κ3) is 6.15. The van der Waals surface area contributed by atoms with Gasteiger partial charge in [0.05, 0.1) is 29.8 Å². The second-order valence-corrected chi connectivity index (χ2v) is 9.00. The molecular weight excluding hydrogens is 518 g/mol. The Morgan fingerprint density at radius 2 is 1.70 bits per heavy atom. The number of nitrogen functional groups attached to an aromatic ring is 1. The van der Waals surface area contributed by atoms with Crippen molar-refractivity contribution < 1.29 is 29.3 Å². The van der Waals surface area contributed by atoms with E-state index in [9.17, 15) is 9.59 Å². The number of carboxylic acid groups (broad SMARTS) is 2. The summed E-state index contributed by atoms with van der Waals surface area (Å²) in [6.07, 6.45) is 3.31. The standard InChI is InChI=1S/C25H25N7O4.C2H4O2/c1-36-19-12-16(6-7-18(19)30-24(33)14-2-4-15(5-3-14)25(34)35)21-20-22(26)28-13-29-23(20)32(31-21)17-8-10-27-11-9-17;1-2(3)4/h2-7,12-13,17,27H,8-11H2,1H3,(H,30,33)(H,34,35)(H2,26,28,29);1H3,(H,3,4). The van der Waals surface area contributed by atoms with Crippen LogP contribution >= 0.6 is 0 Å². The van der Waals surface area contributed by atoms with Crippen LogP contribution in [0, 0.1) is 0 Å². The maximum atomic E-state index is 12.7. The molecule has 40 heavy (non-hydrogen) atoms. The molecule has 1 saturated heterocycles. The van der Waals surface area contributed by atoms with Crippen molar-refractivity contribution in [2.24, 2.45) is 0 Å². The highest BCUT2D eigenvalue weighted by Crippen LogP contribution is 2.37. The number of methoxy groups -OCH3 is 1. The number of benzene rings is 2. The summed E-state index contributed by atoms with van der Waals surface area (Å²) < 4.78 is 7.50. The molecule has 1 aliphatic rings. The maximum absolute atomic E-state index is 12.7. The summed E-state index contributed by atoms with van der Waals surface area (Å²) in [7, 11) is 1.51. The first-order valence-electron chi connectivity index (χ1n) is 12.4. The smallest absolute Gasteiger partial charge is 0.335 e. The van der Waals surface area contributed by atoms with Gasteiger partial charge in [-0.05, 0) is 62.3 Å². The van der Waals surface area contributed by atoms with Gasteiger partial charge in [-0.1, -0.05) is 6.07 Å². The highest BCUT2D eigenvalue weighted by atomic mass is 16.5. The first-order valence-corrected chi connectivity index (χ1v) is 12.4. The maximum Gasteiger partial charge on any atom is 0.335 e. The summed E-state index contributed by atoms with van der Waals surface area (Å²) in [4.78, 5) is 41.5. The number of carbonyl (C=O) groups excluding carboxylic acids is 1. The normalized spacial score (nSPS) is 13.2. The lowest BCUT2D eigenvalue weighted by Gasteiger charge is -2.23. The molecule has 5 rings (SSSR count). The van der Waals surface area contributed by atoms with Gasteiger partial charge in [0, 0.05) is 18.1 Å². The first kappa shape index (κ1) is 28.0. The lowest BCUT2D eigenvalue weighted by molar-refractivity contribution is -0.134. The Labute approximate surface area is 229 Å². The zero-order chi connectivity index (χ0) is 28.8. The molecule has 1 aliphatic heterocycles. The molecule has 208 valence electrons. The first-order chi connectivity index (χ1) is 19.2. The van der Waals surface area contributed by atoms with E-state index in [1.54, 1.807) is 12.1 Å². The molecule has 0 bridgehead atoms. The number of carbonyl (C=O) groups is 3. The molecule has 0 atom stereocenters. The van der Waals surface area contributed by atoms with Crippen molar-refractivity contribution in [2.75, 3.05) is 31.2 Å². The van der Waals surface area contributed by atoms with Crippen LogP contribution in [0.15, 0.2) is 48.8 Å². The fourth-order valence-corrected chi connectivity index (χ4v) is 4.40. The second-order valence-electron chi connectivity index (χ2n) is 9.00. The van der Waals surface area contributed by atoms with Crippen molar-refractivity contribution in [1.29, 1.82) is 0 Å². The van der Waals surface area contributed by atoms with E-state index in [0.29, 0.717) is 39.5 Å². The zero-order valence-corrected chi connectivity index (χ0v) is 21.9. The molecule has 6 N–H and O–H groups in total. The van der Waals surface area contributed by atoms with Crippen LogP contribution in [0.3, 0.4) is 0 Å². The topological polar surface area (TPSA) is 195 Å². The van der Waals surface area contributed by atoms with E-state index < -0.39 is 17.8 Å². The monoisotopic (exact) mass is 547 g/mol. The van der Waals surface area contributed by atoms with E-state index in [1.165, 1.54) is 37.7 Å². The van der Waals surface area contributed by atoms with Gasteiger partial charge >= 0.3 is 5.97 Å². The SMILES string of the molecule is CC(=O)O.COc1cc(-c2nn(C3CCNCC3)c3ncnc(N)c23)ccc1NC(=O)c1ccc(C(=O)O)cc1. The zero-order valence-electron chi connectivity index (χ0n) is 21.9. The van der Waals surface area contributed by atoms with Crippen LogP contribution in [0.2, 0.25) is 0 Å². The van der Waals surface area contributed by atoms with E-state index in [4.69, 9.17) is 30.6 Å². The minimum absolute atomic E-state index is 0.105. The highest BCUT2D eigenvalue weighted by molar-refractivity contribution is 6.06. The number of nitrogens with one attached hydrogen (secondary N) is 2. The summed E-state index contributed by atoms with van der Waals surface area (Å²) in [6, 6.07) is 11.2. The number of fused-ring (bicyclic) bond motifs is 1. The Morgan fingerprint density at radius 1 is 1.05 bits per heavy atom. The van der Waals surface area contributed by atoms with Crippen molar-refractivity contribution in [2.45, 2.75) is 25.8 Å². The van der Waals surface area contributed by atoms with Crippen LogP contribution in [0.5, 0.6) is 5.75 Å². The quantitative estimate of drug-likeness (QED) is 0.238. The molecule has 0 aliphatic carbocycles. The number of anilines is 2. The fourth-order valence-electron chi connectivity index (χ4n) is 4.40. The van der Waals surface area contributed by atoms with E-state index >= 15 is 0 Å². The average Bonchev–Trinajstić information content (AvgIpc) is 3.34. The number of nitrogens with zero attached hydrogens (tertiary/aromatic N) is 4. The molecule has 2 aromatic heterocycles. The Balaban J connectivity index is 0.000000867. The van der Waals surface area contributed by atoms with Gasteiger partial charge in [-0.15, -0.1) is 0 Å². The van der Waals surface area contributed by atoms with Gasteiger partial charge in [0.2, 0.25) is 0 Å². The Hall–Kier alpha value is -5.04. The number of rotatable bonds is 6. The van der Waals surface area contributed by atoms with Crippen LogP contribution in [0.4, 0.5) is 11.5 Å². The van der Waals surface area contributed by atoms with Crippen LogP contribution < -0.4 is 21.1 Å². The molecule has 1 fully saturated rings. The van der Waals surface area contributed by atoms with Crippen molar-refractivity contribution in [3.05, 3.63) is 59.9 Å². The van der Waals surface area contributed by atoms with Gasteiger partial charge < -0.3 is 31.3 Å². The van der Waals surface area contributed by atoms with Crippen molar-refractivity contribution in [1.82, 2.24) is 25.1 Å². The summed E-state index contributed by atoms with van der Waals surface area (Å²) in [5, 5.41) is 28.2. The number of hydrogen-bond acceptors (Lipinski definition) is 9. The van der Waals surface area contributed by atoms with E-state index in [-0.39, 0.29) is 11.6 Å². The molecule has 0 unspecified atom stereocenters. The van der Waals surface area contributed by atoms with Crippen molar-refractivity contribution in [3.63, 3.8) is 0 Å². The molecule has 0 saturated carbocycles. The average molecular weight is 548 g/mol. The van der Waals surface area contributed by atoms with Crippen LogP contribution in [-0.4, -0.2) is 68.0 Å². The number of carboxylic acids is 2. The number of aliphatic carboxylic acids is 1. The van der Waals surface area contributed by atoms with Gasteiger partial charge in [-0.25, -0.2) is 19.4 Å². The van der Waals surface area contributed by atoms with Crippen LogP contribution in [0.1, 0.15) is 46.5 Å². The molecule has 0 radical (unpaired) electrons. The largest absolute Gasteiger partial charge is 0.495 e. The van der Waals surface area contributed by atoms with Crippen molar-refractivity contribution >= 4 is 40.4 Å². The Kier molecular flexibility index (Phi) is 8.54. The van der Waals surface area contributed by atoms with Gasteiger partial charge in [0.25, 0.3) is 11.9 Å². The lowest BCUT2D eigenvalue weighted by Crippen LogP contribution is -2.30. The number of ether oxygens (including phenoxy) is 1. The second kappa shape index (κ2) is 12.2. The number of amides is 1. The van der Waals surface area contributed by atoms with E-state index in [0.717, 1.165) is 38.4 Å². The summed E-state index contributed by atoms with van der Waals surface area (Å²) in [5.74, 6) is -1.50. The van der Waals surface area contributed by atoms with Gasteiger partial charge in [0.1, 0.15) is 23.6 Å². The molecule has 13 heteroatoms. The summed E-state index contributed by atoms with van der Waals surface area (Å²) in [6.45, 7) is 2.90. The van der Waals surface area contributed by atoms with E-state index in [1.807, 2.05) is 10.7 Å². The van der Waals surface area contributed by atoms with Crippen LogP contribution in [0.25, 0.3) is 22.3 Å². The molecule has 13 nitrogen and oxygen atoms in total. The molecule has 2 aromatic carbocycles. The molecule has 0 spiro atoms. The number of aromatic carboxylic acids is 1. The fraction of sp³-hybridized carbons (Fsp3) is 0.259. The molecule has 1 amide bonds. The predicted octanol–water partition coefficient (Wildman–Crippen LogP) is 3.05. The predicted molar refractivity (Wildman–Crippen MR) is 148 cm³/mol. The number of piperidine rings is 1.